The minimum absolute atomic E-state index is 0.479. The van der Waals surface area contributed by atoms with E-state index in [1.54, 1.807) is 0 Å². The summed E-state index contributed by atoms with van der Waals surface area (Å²) in [5.74, 6) is -1.82. The lowest BCUT2D eigenvalue weighted by Gasteiger charge is -2.11. The zero-order valence-electron chi connectivity index (χ0n) is 8.82. The summed E-state index contributed by atoms with van der Waals surface area (Å²) >= 11 is 0. The molecule has 0 aromatic heterocycles. The van der Waals surface area contributed by atoms with Gasteiger partial charge in [0, 0.05) is 0 Å². The highest BCUT2D eigenvalue weighted by Gasteiger charge is 2.49. The van der Waals surface area contributed by atoms with Gasteiger partial charge in [0.25, 0.3) is 0 Å². The van der Waals surface area contributed by atoms with Gasteiger partial charge in [-0.3, -0.25) is 0 Å². The van der Waals surface area contributed by atoms with Crippen LogP contribution in [0.1, 0.15) is 10.4 Å². The third-order valence-corrected chi connectivity index (χ3v) is 2.68. The lowest BCUT2D eigenvalue weighted by atomic mass is 10.2. The van der Waals surface area contributed by atoms with Crippen molar-refractivity contribution in [2.45, 2.75) is 5.51 Å². The highest BCUT2D eigenvalue weighted by atomic mass is 32.2. The van der Waals surface area contributed by atoms with Crippen molar-refractivity contribution in [2.75, 3.05) is 7.11 Å². The summed E-state index contributed by atoms with van der Waals surface area (Å²) in [6, 6.07) is 5.28. The number of ether oxygens (including phenoxy) is 1. The van der Waals surface area contributed by atoms with Gasteiger partial charge in [-0.15, -0.1) is 0 Å². The Labute approximate surface area is 100 Å². The van der Waals surface area contributed by atoms with Crippen LogP contribution in [0.4, 0.5) is 13.2 Å². The minimum Gasteiger partial charge on any atom is -0.465 e. The summed E-state index contributed by atoms with van der Waals surface area (Å²) in [5.41, 5.74) is -6.06. The zero-order valence-corrected chi connectivity index (χ0v) is 9.63. The van der Waals surface area contributed by atoms with E-state index in [0.717, 1.165) is 25.3 Å². The Balaban J connectivity index is 3.18. The van der Waals surface area contributed by atoms with E-state index in [9.17, 15) is 26.4 Å². The topological polar surface area (TPSA) is 69.7 Å². The zero-order chi connectivity index (χ0) is 14.0. The standard InChI is InChI=1S/C9H6F3O5S/c1-16-8(13)6-4-2-3-5-7(6)17-18(14,15)9(10,11)12/h3-5H,1H3. The number of carbonyl (C=O) groups is 1. The summed E-state index contributed by atoms with van der Waals surface area (Å²) in [7, 11) is -4.85. The van der Waals surface area contributed by atoms with Gasteiger partial charge in [0.05, 0.1) is 7.11 Å². The number of rotatable bonds is 3. The van der Waals surface area contributed by atoms with Crippen LogP contribution in [0.15, 0.2) is 18.2 Å². The van der Waals surface area contributed by atoms with Gasteiger partial charge >= 0.3 is 21.6 Å². The van der Waals surface area contributed by atoms with Crippen molar-refractivity contribution in [3.05, 3.63) is 29.8 Å². The Morgan fingerprint density at radius 1 is 1.39 bits per heavy atom. The number of alkyl halides is 3. The highest BCUT2D eigenvalue weighted by Crippen LogP contribution is 2.28. The third-order valence-electron chi connectivity index (χ3n) is 1.71. The van der Waals surface area contributed by atoms with Gasteiger partial charge < -0.3 is 8.92 Å². The molecular formula is C9H6F3O5S. The van der Waals surface area contributed by atoms with E-state index in [2.05, 4.69) is 15.0 Å². The van der Waals surface area contributed by atoms with Crippen LogP contribution >= 0.6 is 0 Å². The number of halogens is 3. The van der Waals surface area contributed by atoms with Crippen LogP contribution in [0.2, 0.25) is 0 Å². The first-order chi connectivity index (χ1) is 8.19. The Morgan fingerprint density at radius 2 is 2.00 bits per heavy atom. The number of methoxy groups -OCH3 is 1. The molecule has 99 valence electrons. The maximum absolute atomic E-state index is 12.1. The molecule has 1 aromatic rings. The van der Waals surface area contributed by atoms with Crippen molar-refractivity contribution < 1.29 is 35.3 Å². The molecule has 0 heterocycles. The molecule has 0 bridgehead atoms. The molecule has 0 amide bonds. The number of esters is 1. The molecule has 0 atom stereocenters. The molecule has 5 nitrogen and oxygen atoms in total. The van der Waals surface area contributed by atoms with Crippen molar-refractivity contribution in [2.24, 2.45) is 0 Å². The van der Waals surface area contributed by atoms with Gasteiger partial charge in [-0.25, -0.2) is 4.79 Å². The smallest absolute Gasteiger partial charge is 0.465 e. The van der Waals surface area contributed by atoms with E-state index in [-0.39, 0.29) is 0 Å². The van der Waals surface area contributed by atoms with Crippen LogP contribution in [0.5, 0.6) is 5.75 Å². The summed E-state index contributed by atoms with van der Waals surface area (Å²) in [5, 5.41) is 0. The first-order valence-electron chi connectivity index (χ1n) is 4.28. The van der Waals surface area contributed by atoms with E-state index in [1.807, 2.05) is 0 Å². The van der Waals surface area contributed by atoms with Crippen molar-refractivity contribution in [3.8, 4) is 5.75 Å². The predicted molar refractivity (Wildman–Crippen MR) is 52.2 cm³/mol. The van der Waals surface area contributed by atoms with Crippen LogP contribution in [-0.2, 0) is 14.9 Å². The second kappa shape index (κ2) is 4.84. The fraction of sp³-hybridized carbons (Fsp3) is 0.222. The van der Waals surface area contributed by atoms with Crippen LogP contribution < -0.4 is 4.18 Å². The average Bonchev–Trinajstić information content (AvgIpc) is 2.26. The molecule has 1 aromatic carbocycles. The summed E-state index contributed by atoms with van der Waals surface area (Å²) in [4.78, 5) is 11.2. The fourth-order valence-electron chi connectivity index (χ4n) is 0.924. The monoisotopic (exact) mass is 283 g/mol. The predicted octanol–water partition coefficient (Wildman–Crippen LogP) is 1.50. The van der Waals surface area contributed by atoms with Crippen molar-refractivity contribution in [1.29, 1.82) is 0 Å². The second-order valence-corrected chi connectivity index (χ2v) is 4.43. The molecule has 9 heteroatoms. The van der Waals surface area contributed by atoms with E-state index in [4.69, 9.17) is 0 Å². The number of hydrogen-bond donors (Lipinski definition) is 0. The molecule has 0 aliphatic carbocycles. The summed E-state index contributed by atoms with van der Waals surface area (Å²) < 4.78 is 65.9. The Kier molecular flexibility index (Phi) is 3.85. The Hall–Kier alpha value is -1.77. The first kappa shape index (κ1) is 14.3. The molecule has 0 aliphatic heterocycles. The summed E-state index contributed by atoms with van der Waals surface area (Å²) in [6.45, 7) is 0. The largest absolute Gasteiger partial charge is 0.534 e. The molecule has 0 spiro atoms. The van der Waals surface area contributed by atoms with Gasteiger partial charge in [0.15, 0.2) is 5.75 Å². The molecule has 18 heavy (non-hydrogen) atoms. The highest BCUT2D eigenvalue weighted by molar-refractivity contribution is 7.88. The van der Waals surface area contributed by atoms with E-state index in [1.165, 1.54) is 0 Å². The van der Waals surface area contributed by atoms with Crippen LogP contribution in [0.25, 0.3) is 0 Å². The quantitative estimate of drug-likeness (QED) is 0.477. The van der Waals surface area contributed by atoms with E-state index >= 15 is 0 Å². The molecular weight excluding hydrogens is 277 g/mol. The lowest BCUT2D eigenvalue weighted by molar-refractivity contribution is -0.0500. The third kappa shape index (κ3) is 2.92. The average molecular weight is 283 g/mol. The molecule has 1 rings (SSSR count). The normalized spacial score (nSPS) is 12.0. The molecule has 0 aliphatic rings. The lowest BCUT2D eigenvalue weighted by Crippen LogP contribution is -2.28. The molecule has 0 N–H and O–H groups in total. The van der Waals surface area contributed by atoms with Gasteiger partial charge in [-0.2, -0.15) is 21.6 Å². The fourth-order valence-corrected chi connectivity index (χ4v) is 1.40. The molecule has 0 unspecified atom stereocenters. The van der Waals surface area contributed by atoms with Crippen molar-refractivity contribution in [1.82, 2.24) is 0 Å². The number of carbonyl (C=O) groups excluding carboxylic acids is 1. The SMILES string of the molecule is COC(=O)c1c[c]ccc1OS(=O)(=O)C(F)(F)F. The van der Waals surface area contributed by atoms with Crippen LogP contribution in [-0.4, -0.2) is 27.0 Å². The summed E-state index contributed by atoms with van der Waals surface area (Å²) in [6.07, 6.45) is 0. The first-order valence-corrected chi connectivity index (χ1v) is 5.69. The van der Waals surface area contributed by atoms with Crippen molar-refractivity contribution in [3.63, 3.8) is 0 Å². The minimum atomic E-state index is -5.84. The number of hydrogen-bond acceptors (Lipinski definition) is 5. The molecule has 0 saturated carbocycles. The van der Waals surface area contributed by atoms with E-state index < -0.39 is 32.9 Å². The molecule has 0 saturated heterocycles. The van der Waals surface area contributed by atoms with Gasteiger partial charge in [0.1, 0.15) is 5.56 Å². The maximum Gasteiger partial charge on any atom is 0.534 e. The molecule has 0 fully saturated rings. The van der Waals surface area contributed by atoms with Gasteiger partial charge in [-0.05, 0) is 18.2 Å². The Bertz CT molecular complexity index is 550. The van der Waals surface area contributed by atoms with Gasteiger partial charge in [0.2, 0.25) is 0 Å². The number of benzene rings is 1. The Morgan fingerprint density at radius 3 is 2.50 bits per heavy atom. The van der Waals surface area contributed by atoms with Crippen molar-refractivity contribution >= 4 is 16.1 Å². The van der Waals surface area contributed by atoms with Gasteiger partial charge in [-0.1, -0.05) is 6.07 Å². The molecule has 1 radical (unpaired) electrons. The van der Waals surface area contributed by atoms with Crippen LogP contribution in [0.3, 0.4) is 0 Å². The van der Waals surface area contributed by atoms with Crippen LogP contribution in [0, 0.1) is 6.07 Å². The van der Waals surface area contributed by atoms with E-state index in [0.29, 0.717) is 0 Å². The maximum atomic E-state index is 12.1. The second-order valence-electron chi connectivity index (χ2n) is 2.90.